The Morgan fingerprint density at radius 2 is 1.62 bits per heavy atom. The normalized spacial score (nSPS) is 8.17. The second-order valence-corrected chi connectivity index (χ2v) is 4.37. The van der Waals surface area contributed by atoms with Crippen LogP contribution in [0, 0.1) is 6.92 Å². The van der Waals surface area contributed by atoms with Crippen molar-refractivity contribution in [3.8, 4) is 5.75 Å². The van der Waals surface area contributed by atoms with Crippen molar-refractivity contribution in [1.82, 2.24) is 5.32 Å². The Hall–Kier alpha value is -2.04. The molecular weight excluding hydrogens is 306 g/mol. The third-order valence-corrected chi connectivity index (χ3v) is 2.22. The van der Waals surface area contributed by atoms with Crippen LogP contribution in [-0.4, -0.2) is 30.6 Å². The molecule has 0 aromatic heterocycles. The van der Waals surface area contributed by atoms with Crippen LogP contribution in [0.2, 0.25) is 0 Å². The summed E-state index contributed by atoms with van der Waals surface area (Å²) in [4.78, 5) is 21.8. The van der Waals surface area contributed by atoms with Gasteiger partial charge in [-0.3, -0.25) is 9.59 Å². The summed E-state index contributed by atoms with van der Waals surface area (Å²) in [5, 5.41) is 10.7. The number of carbonyl (C=O) groups is 2. The second kappa shape index (κ2) is 19.0. The Kier molecular flexibility index (Phi) is 21.3. The van der Waals surface area contributed by atoms with E-state index in [1.54, 1.807) is 6.07 Å². The third-order valence-electron chi connectivity index (χ3n) is 2.22. The SMILES string of the molecule is CC.CC.CCC.COc1ccc(C)cc1CC(=O)NCC(=O)O. The minimum Gasteiger partial charge on any atom is -0.496 e. The van der Waals surface area contributed by atoms with Gasteiger partial charge in [-0.05, 0) is 13.0 Å². The quantitative estimate of drug-likeness (QED) is 0.841. The third kappa shape index (κ3) is 14.9. The van der Waals surface area contributed by atoms with E-state index in [1.807, 2.05) is 46.8 Å². The van der Waals surface area contributed by atoms with Crippen LogP contribution in [0.1, 0.15) is 59.1 Å². The highest BCUT2D eigenvalue weighted by Crippen LogP contribution is 2.19. The fourth-order valence-corrected chi connectivity index (χ4v) is 1.46. The molecule has 5 nitrogen and oxygen atoms in total. The number of hydrogen-bond donors (Lipinski definition) is 2. The molecule has 1 aromatic carbocycles. The highest BCUT2D eigenvalue weighted by Gasteiger charge is 2.09. The number of aliphatic carboxylic acids is 1. The molecule has 0 bridgehead atoms. The van der Waals surface area contributed by atoms with Gasteiger partial charge in [0.15, 0.2) is 0 Å². The lowest BCUT2D eigenvalue weighted by atomic mass is 10.1. The van der Waals surface area contributed by atoms with Crippen molar-refractivity contribution < 1.29 is 19.4 Å². The summed E-state index contributed by atoms with van der Waals surface area (Å²) in [6.07, 6.45) is 1.36. The molecule has 0 heterocycles. The van der Waals surface area contributed by atoms with Crippen molar-refractivity contribution in [3.63, 3.8) is 0 Å². The second-order valence-electron chi connectivity index (χ2n) is 4.37. The molecule has 0 unspecified atom stereocenters. The number of carboxylic acid groups (broad SMARTS) is 1. The van der Waals surface area contributed by atoms with E-state index in [2.05, 4.69) is 19.2 Å². The van der Waals surface area contributed by atoms with E-state index in [4.69, 9.17) is 9.84 Å². The van der Waals surface area contributed by atoms with Gasteiger partial charge in [-0.2, -0.15) is 0 Å². The van der Waals surface area contributed by atoms with Crippen molar-refractivity contribution in [1.29, 1.82) is 0 Å². The first-order valence-electron chi connectivity index (χ1n) is 8.56. The topological polar surface area (TPSA) is 75.6 Å². The van der Waals surface area contributed by atoms with Gasteiger partial charge in [0.25, 0.3) is 0 Å². The van der Waals surface area contributed by atoms with Gasteiger partial charge in [0, 0.05) is 5.56 Å². The number of benzene rings is 1. The van der Waals surface area contributed by atoms with E-state index >= 15 is 0 Å². The maximum atomic E-state index is 11.5. The molecule has 0 fully saturated rings. The zero-order valence-electron chi connectivity index (χ0n) is 16.5. The fourth-order valence-electron chi connectivity index (χ4n) is 1.46. The molecule has 0 aliphatic heterocycles. The van der Waals surface area contributed by atoms with Crippen molar-refractivity contribution >= 4 is 11.9 Å². The number of carboxylic acids is 1. The van der Waals surface area contributed by atoms with Crippen molar-refractivity contribution in [3.05, 3.63) is 29.3 Å². The predicted octanol–water partition coefficient (Wildman–Crippen LogP) is 4.22. The maximum Gasteiger partial charge on any atom is 0.322 e. The van der Waals surface area contributed by atoms with Crippen molar-refractivity contribution in [2.45, 2.75) is 61.3 Å². The van der Waals surface area contributed by atoms with Gasteiger partial charge in [0.2, 0.25) is 5.91 Å². The Morgan fingerprint density at radius 1 is 1.12 bits per heavy atom. The molecule has 2 N–H and O–H groups in total. The van der Waals surface area contributed by atoms with Crippen molar-refractivity contribution in [2.75, 3.05) is 13.7 Å². The maximum absolute atomic E-state index is 11.5. The Balaban J connectivity index is -0.000000549. The van der Waals surface area contributed by atoms with Crippen molar-refractivity contribution in [2.24, 2.45) is 0 Å². The highest BCUT2D eigenvalue weighted by molar-refractivity contribution is 5.83. The summed E-state index contributed by atoms with van der Waals surface area (Å²) in [6, 6.07) is 5.52. The van der Waals surface area contributed by atoms with Crippen LogP contribution in [0.25, 0.3) is 0 Å². The standard InChI is InChI=1S/C12H15NO4.C3H8.2C2H6/c1-8-3-4-10(17-2)9(5-8)6-11(14)13-7-12(15)16;1-3-2;2*1-2/h3-5H,6-7H2,1-2H3,(H,13,14)(H,15,16);3H2,1-2H3;2*1-2H3. The largest absolute Gasteiger partial charge is 0.496 e. The zero-order chi connectivity index (χ0) is 19.5. The van der Waals surface area contributed by atoms with Crippen LogP contribution in [-0.2, 0) is 16.0 Å². The number of ether oxygens (including phenoxy) is 1. The molecule has 0 radical (unpaired) electrons. The molecule has 0 aliphatic carbocycles. The molecule has 1 amide bonds. The first kappa shape index (κ1) is 26.8. The summed E-state index contributed by atoms with van der Waals surface area (Å²) in [6.45, 7) is 13.8. The number of amides is 1. The van der Waals surface area contributed by atoms with Gasteiger partial charge in [-0.25, -0.2) is 0 Å². The lowest BCUT2D eigenvalue weighted by Crippen LogP contribution is -2.30. The summed E-state index contributed by atoms with van der Waals surface area (Å²) in [5.74, 6) is -0.771. The van der Waals surface area contributed by atoms with Gasteiger partial charge >= 0.3 is 5.97 Å². The lowest BCUT2D eigenvalue weighted by molar-refractivity contribution is -0.137. The first-order chi connectivity index (χ1) is 11.4. The molecule has 140 valence electrons. The highest BCUT2D eigenvalue weighted by atomic mass is 16.5. The fraction of sp³-hybridized carbons (Fsp3) is 0.579. The summed E-state index contributed by atoms with van der Waals surface area (Å²) >= 11 is 0. The average molecular weight is 341 g/mol. The Labute approximate surface area is 147 Å². The van der Waals surface area contributed by atoms with E-state index in [-0.39, 0.29) is 18.9 Å². The Bertz CT molecular complexity index is 445. The van der Waals surface area contributed by atoms with E-state index < -0.39 is 5.97 Å². The van der Waals surface area contributed by atoms with Gasteiger partial charge in [-0.15, -0.1) is 0 Å². The van der Waals surface area contributed by atoms with E-state index in [9.17, 15) is 9.59 Å². The number of nitrogens with one attached hydrogen (secondary N) is 1. The first-order valence-corrected chi connectivity index (χ1v) is 8.56. The van der Waals surface area contributed by atoms with Crippen LogP contribution in [0.3, 0.4) is 0 Å². The van der Waals surface area contributed by atoms with Crippen LogP contribution in [0.5, 0.6) is 5.75 Å². The number of hydrogen-bond acceptors (Lipinski definition) is 3. The Morgan fingerprint density at radius 3 is 2.04 bits per heavy atom. The smallest absolute Gasteiger partial charge is 0.322 e. The number of methoxy groups -OCH3 is 1. The predicted molar refractivity (Wildman–Crippen MR) is 101 cm³/mol. The molecule has 0 saturated carbocycles. The van der Waals surface area contributed by atoms with E-state index in [0.717, 1.165) is 11.1 Å². The number of aryl methyl sites for hydroxylation is 1. The average Bonchev–Trinajstić information content (AvgIpc) is 2.58. The van der Waals surface area contributed by atoms with Gasteiger partial charge in [0.1, 0.15) is 12.3 Å². The lowest BCUT2D eigenvalue weighted by Gasteiger charge is -2.09. The molecule has 1 rings (SSSR count). The summed E-state index contributed by atoms with van der Waals surface area (Å²) in [5.41, 5.74) is 1.77. The monoisotopic (exact) mass is 341 g/mol. The number of carbonyl (C=O) groups excluding carboxylic acids is 1. The molecule has 24 heavy (non-hydrogen) atoms. The van der Waals surface area contributed by atoms with Gasteiger partial charge < -0.3 is 15.2 Å². The van der Waals surface area contributed by atoms with Gasteiger partial charge in [0.05, 0.1) is 13.5 Å². The molecule has 0 saturated heterocycles. The van der Waals surface area contributed by atoms with Gasteiger partial charge in [-0.1, -0.05) is 65.7 Å². The molecule has 0 atom stereocenters. The molecular formula is C19H35NO4. The summed E-state index contributed by atoms with van der Waals surface area (Å²) < 4.78 is 5.13. The van der Waals surface area contributed by atoms with Crippen LogP contribution < -0.4 is 10.1 Å². The molecule has 5 heteroatoms. The number of rotatable bonds is 5. The van der Waals surface area contributed by atoms with Crippen LogP contribution in [0.4, 0.5) is 0 Å². The molecule has 0 aliphatic rings. The molecule has 1 aromatic rings. The minimum atomic E-state index is -1.06. The van der Waals surface area contributed by atoms with Crippen LogP contribution in [0.15, 0.2) is 18.2 Å². The van der Waals surface area contributed by atoms with E-state index in [1.165, 1.54) is 13.5 Å². The van der Waals surface area contributed by atoms with E-state index in [0.29, 0.717) is 5.75 Å². The minimum absolute atomic E-state index is 0.109. The zero-order valence-corrected chi connectivity index (χ0v) is 16.5. The molecule has 0 spiro atoms. The summed E-state index contributed by atoms with van der Waals surface area (Å²) in [7, 11) is 1.53. The van der Waals surface area contributed by atoms with Crippen LogP contribution >= 0.6 is 0 Å².